The number of rotatable bonds is 9. The number of ether oxygens (including phenoxy) is 2. The molecule has 2 rings (SSSR count). The number of carbonyl (C=O) groups is 1. The van der Waals surface area contributed by atoms with Crippen molar-refractivity contribution in [3.05, 3.63) is 28.2 Å². The van der Waals surface area contributed by atoms with E-state index in [9.17, 15) is 4.79 Å². The Labute approximate surface area is 172 Å². The number of hydrogen-bond donors (Lipinski definition) is 1. The van der Waals surface area contributed by atoms with E-state index in [1.54, 1.807) is 0 Å². The molecule has 1 amide bonds. The van der Waals surface area contributed by atoms with Gasteiger partial charge in [0.15, 0.2) is 0 Å². The molecule has 1 N–H and O–H groups in total. The van der Waals surface area contributed by atoms with Crippen LogP contribution in [0.5, 0.6) is 5.75 Å². The first-order chi connectivity index (χ1) is 12.9. The molecule has 0 aliphatic carbocycles. The zero-order valence-electron chi connectivity index (χ0n) is 17.0. The van der Waals surface area contributed by atoms with Crippen LogP contribution in [-0.2, 0) is 14.9 Å². The van der Waals surface area contributed by atoms with Crippen molar-refractivity contribution >= 4 is 21.8 Å². The summed E-state index contributed by atoms with van der Waals surface area (Å²) in [6.07, 6.45) is 5.80. The lowest BCUT2D eigenvalue weighted by Gasteiger charge is -2.21. The monoisotopic (exact) mass is 439 g/mol. The normalized spacial score (nSPS) is 15.6. The summed E-state index contributed by atoms with van der Waals surface area (Å²) in [7, 11) is 0. The summed E-state index contributed by atoms with van der Waals surface area (Å²) in [5.74, 6) is 1.72. The Morgan fingerprint density at radius 2 is 2.00 bits per heavy atom. The second-order valence-electron chi connectivity index (χ2n) is 8.40. The molecule has 0 saturated carbocycles. The Balaban J connectivity index is 1.57. The molecule has 5 heteroatoms. The highest BCUT2D eigenvalue weighted by Gasteiger charge is 2.15. The molecule has 0 aromatic heterocycles. The highest BCUT2D eigenvalue weighted by atomic mass is 79.9. The van der Waals surface area contributed by atoms with Crippen LogP contribution in [0.3, 0.4) is 0 Å². The van der Waals surface area contributed by atoms with Gasteiger partial charge in [-0.05, 0) is 77.1 Å². The van der Waals surface area contributed by atoms with E-state index < -0.39 is 0 Å². The van der Waals surface area contributed by atoms with Crippen LogP contribution in [0.4, 0.5) is 0 Å². The van der Waals surface area contributed by atoms with Gasteiger partial charge in [0.2, 0.25) is 5.91 Å². The predicted molar refractivity (Wildman–Crippen MR) is 113 cm³/mol. The third kappa shape index (κ3) is 8.22. The first-order valence-corrected chi connectivity index (χ1v) is 10.9. The third-order valence-corrected chi connectivity index (χ3v) is 5.68. The zero-order valence-corrected chi connectivity index (χ0v) is 18.6. The highest BCUT2D eigenvalue weighted by molar-refractivity contribution is 9.10. The van der Waals surface area contributed by atoms with E-state index in [0.717, 1.165) is 61.6 Å². The van der Waals surface area contributed by atoms with Crippen molar-refractivity contribution in [2.75, 3.05) is 26.4 Å². The van der Waals surface area contributed by atoms with Gasteiger partial charge in [0.25, 0.3) is 0 Å². The summed E-state index contributed by atoms with van der Waals surface area (Å²) in [6.45, 7) is 9.68. The molecular weight excluding hydrogens is 406 g/mol. The van der Waals surface area contributed by atoms with Crippen LogP contribution >= 0.6 is 15.9 Å². The van der Waals surface area contributed by atoms with Crippen LogP contribution in [0.1, 0.15) is 64.9 Å². The number of halogens is 1. The van der Waals surface area contributed by atoms with E-state index in [1.165, 1.54) is 12.0 Å². The Bertz CT molecular complexity index is 592. The van der Waals surface area contributed by atoms with Crippen molar-refractivity contribution in [1.82, 2.24) is 5.32 Å². The minimum Gasteiger partial charge on any atom is -0.492 e. The number of benzene rings is 1. The van der Waals surface area contributed by atoms with Crippen molar-refractivity contribution in [2.45, 2.75) is 64.7 Å². The minimum atomic E-state index is 0.115. The van der Waals surface area contributed by atoms with E-state index >= 15 is 0 Å². The van der Waals surface area contributed by atoms with Crippen LogP contribution in [-0.4, -0.2) is 32.3 Å². The zero-order chi connectivity index (χ0) is 19.7. The molecule has 1 fully saturated rings. The molecular formula is C22H34BrNO3. The van der Waals surface area contributed by atoms with E-state index in [4.69, 9.17) is 9.47 Å². The third-order valence-electron chi connectivity index (χ3n) is 5.06. The molecule has 1 aromatic carbocycles. The molecule has 1 heterocycles. The maximum Gasteiger partial charge on any atom is 0.220 e. The quantitative estimate of drug-likeness (QED) is 0.535. The summed E-state index contributed by atoms with van der Waals surface area (Å²) in [6, 6.07) is 6.22. The van der Waals surface area contributed by atoms with Crippen molar-refractivity contribution < 1.29 is 14.3 Å². The van der Waals surface area contributed by atoms with E-state index in [0.29, 0.717) is 13.0 Å². The van der Waals surface area contributed by atoms with Gasteiger partial charge in [0, 0.05) is 26.2 Å². The van der Waals surface area contributed by atoms with Crippen LogP contribution in [0, 0.1) is 5.92 Å². The van der Waals surface area contributed by atoms with Gasteiger partial charge >= 0.3 is 0 Å². The lowest BCUT2D eigenvalue weighted by molar-refractivity contribution is -0.121. The molecule has 1 aliphatic heterocycles. The molecule has 4 nitrogen and oxygen atoms in total. The summed E-state index contributed by atoms with van der Waals surface area (Å²) in [5.41, 5.74) is 1.38. The van der Waals surface area contributed by atoms with E-state index in [1.807, 2.05) is 6.07 Å². The lowest BCUT2D eigenvalue weighted by atomic mass is 9.87. The fourth-order valence-electron chi connectivity index (χ4n) is 3.24. The fourth-order valence-corrected chi connectivity index (χ4v) is 3.73. The molecule has 0 unspecified atom stereocenters. The minimum absolute atomic E-state index is 0.115. The molecule has 152 valence electrons. The Kier molecular flexibility index (Phi) is 9.10. The average molecular weight is 440 g/mol. The molecule has 0 radical (unpaired) electrons. The Morgan fingerprint density at radius 1 is 1.26 bits per heavy atom. The van der Waals surface area contributed by atoms with Gasteiger partial charge in [-0.1, -0.05) is 26.8 Å². The van der Waals surface area contributed by atoms with Crippen molar-refractivity contribution in [3.8, 4) is 5.75 Å². The first kappa shape index (κ1) is 22.2. The van der Waals surface area contributed by atoms with Crippen LogP contribution < -0.4 is 10.1 Å². The summed E-state index contributed by atoms with van der Waals surface area (Å²) in [5, 5.41) is 3.02. The van der Waals surface area contributed by atoms with E-state index in [-0.39, 0.29) is 11.3 Å². The molecule has 0 spiro atoms. The van der Waals surface area contributed by atoms with Gasteiger partial charge in [0.1, 0.15) is 5.75 Å². The summed E-state index contributed by atoms with van der Waals surface area (Å²) >= 11 is 3.58. The predicted octanol–water partition coefficient (Wildman–Crippen LogP) is 5.23. The molecule has 27 heavy (non-hydrogen) atoms. The van der Waals surface area contributed by atoms with Crippen molar-refractivity contribution in [2.24, 2.45) is 5.92 Å². The number of nitrogens with one attached hydrogen (secondary N) is 1. The number of amides is 1. The molecule has 0 atom stereocenters. The molecule has 1 saturated heterocycles. The van der Waals surface area contributed by atoms with Gasteiger partial charge in [-0.25, -0.2) is 0 Å². The van der Waals surface area contributed by atoms with Gasteiger partial charge in [0.05, 0.1) is 11.1 Å². The maximum atomic E-state index is 11.9. The molecule has 1 aromatic rings. The lowest BCUT2D eigenvalue weighted by Crippen LogP contribution is -2.25. The van der Waals surface area contributed by atoms with Gasteiger partial charge in [-0.15, -0.1) is 0 Å². The molecule has 1 aliphatic rings. The number of hydrogen-bond acceptors (Lipinski definition) is 3. The summed E-state index contributed by atoms with van der Waals surface area (Å²) in [4.78, 5) is 11.9. The van der Waals surface area contributed by atoms with Gasteiger partial charge in [-0.2, -0.15) is 0 Å². The molecule has 0 bridgehead atoms. The number of carbonyl (C=O) groups excluding carboxylic acids is 1. The van der Waals surface area contributed by atoms with Crippen LogP contribution in [0.25, 0.3) is 0 Å². The topological polar surface area (TPSA) is 47.6 Å². The first-order valence-electron chi connectivity index (χ1n) is 10.1. The summed E-state index contributed by atoms with van der Waals surface area (Å²) < 4.78 is 12.2. The Hall–Kier alpha value is -1.07. The second-order valence-corrected chi connectivity index (χ2v) is 9.25. The van der Waals surface area contributed by atoms with Crippen LogP contribution in [0.2, 0.25) is 0 Å². The highest BCUT2D eigenvalue weighted by Crippen LogP contribution is 2.31. The average Bonchev–Trinajstić information content (AvgIpc) is 2.63. The second kappa shape index (κ2) is 11.1. The van der Waals surface area contributed by atoms with Crippen molar-refractivity contribution in [1.29, 1.82) is 0 Å². The smallest absolute Gasteiger partial charge is 0.220 e. The standard InChI is InChI=1S/C22H34BrNO3/c1-22(2,3)18-8-9-20(19(23)16-18)27-13-5-7-21(25)24-12-4-6-17-10-14-26-15-11-17/h8-9,16-17H,4-7,10-15H2,1-3H3,(H,24,25). The van der Waals surface area contributed by atoms with Gasteiger partial charge in [-0.3, -0.25) is 4.79 Å². The van der Waals surface area contributed by atoms with Gasteiger partial charge < -0.3 is 14.8 Å². The van der Waals surface area contributed by atoms with E-state index in [2.05, 4.69) is 54.2 Å². The van der Waals surface area contributed by atoms with Crippen molar-refractivity contribution in [3.63, 3.8) is 0 Å². The maximum absolute atomic E-state index is 11.9. The van der Waals surface area contributed by atoms with Crippen LogP contribution in [0.15, 0.2) is 22.7 Å². The fraction of sp³-hybridized carbons (Fsp3) is 0.682. The SMILES string of the molecule is CC(C)(C)c1ccc(OCCCC(=O)NCCCC2CCOCC2)c(Br)c1. The largest absolute Gasteiger partial charge is 0.492 e. The Morgan fingerprint density at radius 3 is 2.67 bits per heavy atom.